The van der Waals surface area contributed by atoms with E-state index in [2.05, 4.69) is 10.1 Å². The van der Waals surface area contributed by atoms with Crippen molar-refractivity contribution in [2.45, 2.75) is 49.7 Å². The third kappa shape index (κ3) is 2.23. The van der Waals surface area contributed by atoms with Crippen LogP contribution in [-0.2, 0) is 10.5 Å². The van der Waals surface area contributed by atoms with Gasteiger partial charge in [0.2, 0.25) is 0 Å². The molecule has 23 heavy (non-hydrogen) atoms. The summed E-state index contributed by atoms with van der Waals surface area (Å²) in [5.74, 6) is 0.678. The first kappa shape index (κ1) is 14.9. The minimum atomic E-state index is -1.27. The molecule has 1 aromatic carbocycles. The van der Waals surface area contributed by atoms with Crippen LogP contribution in [-0.4, -0.2) is 30.9 Å². The molecule has 1 aliphatic carbocycles. The molecule has 2 aromatic rings. The Balaban J connectivity index is 1.78. The summed E-state index contributed by atoms with van der Waals surface area (Å²) in [5, 5.41) is 15.9. The number of hydrogen-bond donors (Lipinski definition) is 1. The lowest BCUT2D eigenvalue weighted by Gasteiger charge is -2.41. The van der Waals surface area contributed by atoms with Gasteiger partial charge in [-0.1, -0.05) is 49.4 Å². The summed E-state index contributed by atoms with van der Waals surface area (Å²) in [6.07, 6.45) is 0.996. The maximum absolute atomic E-state index is 12.4. The summed E-state index contributed by atoms with van der Waals surface area (Å²) in [7, 11) is 0. The van der Waals surface area contributed by atoms with Crippen molar-refractivity contribution in [1.29, 1.82) is 0 Å². The fraction of sp³-hybridized carbons (Fsp3) is 0.471. The minimum absolute atomic E-state index is 0.0816. The van der Waals surface area contributed by atoms with E-state index in [-0.39, 0.29) is 11.2 Å². The van der Waals surface area contributed by atoms with Crippen molar-refractivity contribution in [3.63, 3.8) is 0 Å². The van der Waals surface area contributed by atoms with E-state index in [4.69, 9.17) is 0 Å². The molecule has 2 heterocycles. The number of aliphatic hydroxyl groups is 1. The number of carbonyl (C=O) groups is 1. The Hall–Kier alpha value is -1.66. The van der Waals surface area contributed by atoms with Crippen molar-refractivity contribution in [3.05, 3.63) is 29.8 Å². The van der Waals surface area contributed by atoms with Gasteiger partial charge in [0.25, 0.3) is 0 Å². The number of nitrogens with zero attached hydrogens (tertiary/aromatic N) is 3. The number of aryl methyl sites for hydroxylation is 1. The van der Waals surface area contributed by atoms with E-state index < -0.39 is 11.0 Å². The predicted molar refractivity (Wildman–Crippen MR) is 88.1 cm³/mol. The highest BCUT2D eigenvalue weighted by atomic mass is 32.2. The number of fused-ring (bicyclic) bond motifs is 3. The molecule has 2 atom stereocenters. The highest BCUT2D eigenvalue weighted by Gasteiger charge is 2.58. The Kier molecular flexibility index (Phi) is 3.03. The van der Waals surface area contributed by atoms with Gasteiger partial charge >= 0.3 is 0 Å². The van der Waals surface area contributed by atoms with Crippen LogP contribution in [0.3, 0.4) is 0 Å². The maximum Gasteiger partial charge on any atom is 0.190 e. The highest BCUT2D eigenvalue weighted by molar-refractivity contribution is 8.00. The normalized spacial score (nSPS) is 28.5. The van der Waals surface area contributed by atoms with Crippen LogP contribution in [0.15, 0.2) is 29.4 Å². The summed E-state index contributed by atoms with van der Waals surface area (Å²) < 4.78 is 1.57. The largest absolute Gasteiger partial charge is 0.368 e. The Labute approximate surface area is 139 Å². The Morgan fingerprint density at radius 1 is 1.39 bits per heavy atom. The van der Waals surface area contributed by atoms with E-state index in [0.29, 0.717) is 23.8 Å². The van der Waals surface area contributed by atoms with E-state index in [9.17, 15) is 9.90 Å². The fourth-order valence-corrected chi connectivity index (χ4v) is 4.90. The van der Waals surface area contributed by atoms with Gasteiger partial charge < -0.3 is 5.11 Å². The number of aromatic nitrogens is 3. The summed E-state index contributed by atoms with van der Waals surface area (Å²) in [4.78, 5) is 17.0. The van der Waals surface area contributed by atoms with Crippen LogP contribution in [0.2, 0.25) is 0 Å². The van der Waals surface area contributed by atoms with Crippen LogP contribution in [0, 0.1) is 12.3 Å². The topological polar surface area (TPSA) is 68.0 Å². The third-order valence-electron chi connectivity index (χ3n) is 4.55. The number of thioether (sulfide) groups is 1. The molecule has 0 bridgehead atoms. The van der Waals surface area contributed by atoms with Crippen LogP contribution in [0.5, 0.6) is 0 Å². The van der Waals surface area contributed by atoms with Crippen LogP contribution in [0.4, 0.5) is 0 Å². The highest BCUT2D eigenvalue weighted by Crippen LogP contribution is 2.52. The van der Waals surface area contributed by atoms with Gasteiger partial charge in [-0.3, -0.25) is 4.79 Å². The third-order valence-corrected chi connectivity index (χ3v) is 5.90. The summed E-state index contributed by atoms with van der Waals surface area (Å²) in [5.41, 5.74) is 0.554. The first-order chi connectivity index (χ1) is 10.8. The van der Waals surface area contributed by atoms with E-state index in [1.165, 1.54) is 11.8 Å². The minimum Gasteiger partial charge on any atom is -0.368 e. The predicted octanol–water partition coefficient (Wildman–Crippen LogP) is 2.76. The van der Waals surface area contributed by atoms with Crippen LogP contribution < -0.4 is 0 Å². The maximum atomic E-state index is 12.4. The second-order valence-electron chi connectivity index (χ2n) is 7.36. The fourth-order valence-electron chi connectivity index (χ4n) is 3.67. The molecule has 0 spiro atoms. The SMILES string of the molecule is Cc1cccc(-c2nc3n(n2)[C@]2(O)CC(C)(C)CC(=O)[C@@H]2S3)c1. The molecular formula is C17H19N3O2S. The molecule has 1 N–H and O–H groups in total. The molecule has 1 fully saturated rings. The van der Waals surface area contributed by atoms with Crippen molar-refractivity contribution >= 4 is 17.5 Å². The Bertz CT molecular complexity index is 814. The molecule has 1 aliphatic heterocycles. The zero-order valence-corrected chi connectivity index (χ0v) is 14.2. The van der Waals surface area contributed by atoms with Crippen LogP contribution in [0.1, 0.15) is 32.3 Å². The van der Waals surface area contributed by atoms with E-state index in [1.807, 2.05) is 45.0 Å². The van der Waals surface area contributed by atoms with Gasteiger partial charge in [-0.15, -0.1) is 5.10 Å². The molecule has 0 saturated heterocycles. The molecule has 0 unspecified atom stereocenters. The van der Waals surface area contributed by atoms with Gasteiger partial charge in [-0.2, -0.15) is 0 Å². The summed E-state index contributed by atoms with van der Waals surface area (Å²) in [6.45, 7) is 6.05. The van der Waals surface area contributed by atoms with Gasteiger partial charge in [-0.05, 0) is 18.4 Å². The average Bonchev–Trinajstić information content (AvgIpc) is 2.96. The number of carbonyl (C=O) groups excluding carboxylic acids is 1. The van der Waals surface area contributed by atoms with E-state index in [0.717, 1.165) is 11.1 Å². The lowest BCUT2D eigenvalue weighted by atomic mass is 9.72. The lowest BCUT2D eigenvalue weighted by molar-refractivity contribution is -0.146. The van der Waals surface area contributed by atoms with Gasteiger partial charge in [-0.25, -0.2) is 9.67 Å². The Morgan fingerprint density at radius 3 is 2.91 bits per heavy atom. The molecule has 1 aromatic heterocycles. The average molecular weight is 329 g/mol. The zero-order valence-electron chi connectivity index (χ0n) is 13.4. The standard InChI is InChI=1S/C17H19N3O2S/c1-10-5-4-6-11(7-10)14-18-15-20(19-14)17(22)9-16(2,3)8-12(21)13(17)23-15/h4-7,13,22H,8-9H2,1-3H3/t13-,17-/m0/s1. The zero-order chi connectivity index (χ0) is 16.4. The van der Waals surface area contributed by atoms with Gasteiger partial charge in [0.05, 0.1) is 0 Å². The van der Waals surface area contributed by atoms with Crippen LogP contribution >= 0.6 is 11.8 Å². The summed E-state index contributed by atoms with van der Waals surface area (Å²) >= 11 is 1.34. The first-order valence-corrected chi connectivity index (χ1v) is 8.63. The number of Topliss-reactive ketones (excluding diaryl/α,β-unsaturated/α-hetero) is 1. The molecule has 2 aliphatic rings. The lowest BCUT2D eigenvalue weighted by Crippen LogP contribution is -2.52. The van der Waals surface area contributed by atoms with Crippen LogP contribution in [0.25, 0.3) is 11.4 Å². The molecular weight excluding hydrogens is 310 g/mol. The monoisotopic (exact) mass is 329 g/mol. The molecule has 0 amide bonds. The van der Waals surface area contributed by atoms with Crippen molar-refractivity contribution in [1.82, 2.24) is 14.8 Å². The molecule has 4 rings (SSSR count). The number of hydrogen-bond acceptors (Lipinski definition) is 5. The smallest absolute Gasteiger partial charge is 0.190 e. The number of ketones is 1. The van der Waals surface area contributed by atoms with Crippen molar-refractivity contribution < 1.29 is 9.90 Å². The number of benzene rings is 1. The second-order valence-corrected chi connectivity index (χ2v) is 8.43. The summed E-state index contributed by atoms with van der Waals surface area (Å²) in [6, 6.07) is 7.97. The van der Waals surface area contributed by atoms with Crippen molar-refractivity contribution in [2.24, 2.45) is 5.41 Å². The second kappa shape index (κ2) is 4.68. The first-order valence-electron chi connectivity index (χ1n) is 7.75. The molecule has 5 nitrogen and oxygen atoms in total. The number of rotatable bonds is 1. The van der Waals surface area contributed by atoms with E-state index in [1.54, 1.807) is 4.68 Å². The molecule has 0 radical (unpaired) electrons. The van der Waals surface area contributed by atoms with Gasteiger partial charge in [0.15, 0.2) is 22.5 Å². The van der Waals surface area contributed by atoms with E-state index >= 15 is 0 Å². The van der Waals surface area contributed by atoms with Crippen molar-refractivity contribution in [2.75, 3.05) is 0 Å². The molecule has 120 valence electrons. The Morgan fingerprint density at radius 2 is 2.17 bits per heavy atom. The van der Waals surface area contributed by atoms with Gasteiger partial charge in [0.1, 0.15) is 5.25 Å². The van der Waals surface area contributed by atoms with Gasteiger partial charge in [0, 0.05) is 18.4 Å². The quantitative estimate of drug-likeness (QED) is 0.871. The molecule has 6 heteroatoms. The molecule has 1 saturated carbocycles. The van der Waals surface area contributed by atoms with Crippen molar-refractivity contribution in [3.8, 4) is 11.4 Å².